The fraction of sp³-hybridized carbons (Fsp3) is 0.364. The number of thiol groups is 1. The van der Waals surface area contributed by atoms with Crippen molar-refractivity contribution >= 4 is 35.8 Å². The summed E-state index contributed by atoms with van der Waals surface area (Å²) in [4.78, 5) is 13.3. The molecule has 1 aliphatic heterocycles. The molecule has 86 valence electrons. The first kappa shape index (κ1) is 11.8. The predicted octanol–water partition coefficient (Wildman–Crippen LogP) is 1.87. The number of rotatable bonds is 2. The molecule has 0 aliphatic carbocycles. The van der Waals surface area contributed by atoms with Crippen molar-refractivity contribution < 1.29 is 9.90 Å². The number of aliphatic hydroxyl groups is 1. The summed E-state index contributed by atoms with van der Waals surface area (Å²) < 4.78 is 0. The van der Waals surface area contributed by atoms with Gasteiger partial charge in [-0.15, -0.1) is 0 Å². The molecule has 1 aromatic rings. The van der Waals surface area contributed by atoms with E-state index >= 15 is 0 Å². The van der Waals surface area contributed by atoms with Gasteiger partial charge in [-0.2, -0.15) is 12.6 Å². The maximum absolute atomic E-state index is 11.7. The Kier molecular flexibility index (Phi) is 3.42. The fourth-order valence-corrected chi connectivity index (χ4v) is 2.51. The number of nitrogens with zero attached hydrogens (tertiary/aromatic N) is 1. The number of halogens is 1. The third-order valence-corrected chi connectivity index (χ3v) is 3.27. The molecule has 1 aliphatic rings. The first-order chi connectivity index (χ1) is 7.63. The standard InChI is InChI=1S/C11H12ClNO2S/c12-9-3-1-2-7(6-14)11(9)13-5-8(16)4-10(13)15/h1-3,8,14,16H,4-6H2. The van der Waals surface area contributed by atoms with Crippen LogP contribution in [0.1, 0.15) is 12.0 Å². The molecule has 1 heterocycles. The second-order valence-electron chi connectivity index (χ2n) is 3.77. The smallest absolute Gasteiger partial charge is 0.228 e. The van der Waals surface area contributed by atoms with Gasteiger partial charge in [0, 0.05) is 23.8 Å². The van der Waals surface area contributed by atoms with Gasteiger partial charge in [-0.3, -0.25) is 4.79 Å². The molecule has 1 amide bonds. The number of carbonyl (C=O) groups is 1. The molecule has 1 fully saturated rings. The zero-order valence-corrected chi connectivity index (χ0v) is 10.2. The van der Waals surface area contributed by atoms with Crippen LogP contribution < -0.4 is 4.90 Å². The Morgan fingerprint density at radius 1 is 1.56 bits per heavy atom. The lowest BCUT2D eigenvalue weighted by molar-refractivity contribution is -0.117. The summed E-state index contributed by atoms with van der Waals surface area (Å²) in [7, 11) is 0. The van der Waals surface area contributed by atoms with Crippen LogP contribution in [0, 0.1) is 0 Å². The number of amides is 1. The predicted molar refractivity (Wildman–Crippen MR) is 67.1 cm³/mol. The van der Waals surface area contributed by atoms with Crippen molar-refractivity contribution in [3.63, 3.8) is 0 Å². The van der Waals surface area contributed by atoms with Gasteiger partial charge >= 0.3 is 0 Å². The maximum Gasteiger partial charge on any atom is 0.228 e. The quantitative estimate of drug-likeness (QED) is 0.794. The molecule has 1 N–H and O–H groups in total. The van der Waals surface area contributed by atoms with Gasteiger partial charge < -0.3 is 10.0 Å². The summed E-state index contributed by atoms with van der Waals surface area (Å²) in [6.45, 7) is 0.412. The largest absolute Gasteiger partial charge is 0.392 e. The Balaban J connectivity index is 2.43. The molecule has 0 bridgehead atoms. The highest BCUT2D eigenvalue weighted by Crippen LogP contribution is 2.33. The van der Waals surface area contributed by atoms with Crippen LogP contribution in [0.4, 0.5) is 5.69 Å². The Morgan fingerprint density at radius 2 is 2.31 bits per heavy atom. The first-order valence-electron chi connectivity index (χ1n) is 5.00. The van der Waals surface area contributed by atoms with Crippen LogP contribution in [0.3, 0.4) is 0 Å². The van der Waals surface area contributed by atoms with Crippen molar-refractivity contribution in [3.8, 4) is 0 Å². The van der Waals surface area contributed by atoms with E-state index in [1.165, 1.54) is 0 Å². The van der Waals surface area contributed by atoms with E-state index in [9.17, 15) is 9.90 Å². The van der Waals surface area contributed by atoms with Crippen LogP contribution in [0.25, 0.3) is 0 Å². The Labute approximate surface area is 104 Å². The number of para-hydroxylation sites is 1. The Morgan fingerprint density at radius 3 is 2.88 bits per heavy atom. The molecule has 0 aromatic heterocycles. The van der Waals surface area contributed by atoms with E-state index < -0.39 is 0 Å². The lowest BCUT2D eigenvalue weighted by Crippen LogP contribution is -2.26. The summed E-state index contributed by atoms with van der Waals surface area (Å²) >= 11 is 10.4. The van der Waals surface area contributed by atoms with Gasteiger partial charge in [0.2, 0.25) is 5.91 Å². The molecule has 1 atom stereocenters. The van der Waals surface area contributed by atoms with Crippen molar-refractivity contribution in [1.29, 1.82) is 0 Å². The second kappa shape index (κ2) is 4.65. The SMILES string of the molecule is O=C1CC(S)CN1c1c(Cl)cccc1CO. The topological polar surface area (TPSA) is 40.5 Å². The van der Waals surface area contributed by atoms with Crippen LogP contribution in [0.5, 0.6) is 0 Å². The molecule has 3 nitrogen and oxygen atoms in total. The van der Waals surface area contributed by atoms with E-state index in [1.54, 1.807) is 23.1 Å². The van der Waals surface area contributed by atoms with Crippen molar-refractivity contribution in [2.24, 2.45) is 0 Å². The van der Waals surface area contributed by atoms with Gasteiger partial charge in [-0.05, 0) is 6.07 Å². The summed E-state index contributed by atoms with van der Waals surface area (Å²) in [5, 5.41) is 9.77. The van der Waals surface area contributed by atoms with Crippen molar-refractivity contribution in [2.75, 3.05) is 11.4 Å². The lowest BCUT2D eigenvalue weighted by atomic mass is 10.1. The van der Waals surface area contributed by atoms with Gasteiger partial charge in [-0.1, -0.05) is 23.7 Å². The van der Waals surface area contributed by atoms with E-state index in [4.69, 9.17) is 11.6 Å². The molecule has 0 spiro atoms. The Hall–Kier alpha value is -0.710. The minimum absolute atomic E-state index is 0.00259. The number of aliphatic hydroxyl groups excluding tert-OH is 1. The van der Waals surface area contributed by atoms with Crippen molar-refractivity contribution in [2.45, 2.75) is 18.3 Å². The molecule has 0 saturated carbocycles. The summed E-state index contributed by atoms with van der Waals surface area (Å²) in [5.74, 6) is 0.00259. The van der Waals surface area contributed by atoms with E-state index in [0.29, 0.717) is 29.2 Å². The normalized spacial score (nSPS) is 20.6. The molecular weight excluding hydrogens is 246 g/mol. The number of hydrogen-bond acceptors (Lipinski definition) is 3. The average molecular weight is 258 g/mol. The number of hydrogen-bond donors (Lipinski definition) is 2. The van der Waals surface area contributed by atoms with E-state index in [0.717, 1.165) is 0 Å². The molecule has 1 aromatic carbocycles. The van der Waals surface area contributed by atoms with Gasteiger partial charge in [-0.25, -0.2) is 0 Å². The van der Waals surface area contributed by atoms with Gasteiger partial charge in [0.1, 0.15) is 0 Å². The molecule has 16 heavy (non-hydrogen) atoms. The fourth-order valence-electron chi connectivity index (χ4n) is 1.89. The summed E-state index contributed by atoms with van der Waals surface area (Å²) in [6, 6.07) is 5.24. The van der Waals surface area contributed by atoms with Crippen LogP contribution in [-0.2, 0) is 11.4 Å². The highest BCUT2D eigenvalue weighted by molar-refractivity contribution is 7.81. The van der Waals surface area contributed by atoms with Crippen molar-refractivity contribution in [3.05, 3.63) is 28.8 Å². The van der Waals surface area contributed by atoms with Crippen LogP contribution in [0.15, 0.2) is 18.2 Å². The molecular formula is C11H12ClNO2S. The minimum Gasteiger partial charge on any atom is -0.392 e. The van der Waals surface area contributed by atoms with Gasteiger partial charge in [0.05, 0.1) is 17.3 Å². The van der Waals surface area contributed by atoms with Crippen molar-refractivity contribution in [1.82, 2.24) is 0 Å². The van der Waals surface area contributed by atoms with Gasteiger partial charge in [0.15, 0.2) is 0 Å². The second-order valence-corrected chi connectivity index (χ2v) is 4.91. The average Bonchev–Trinajstić information content (AvgIpc) is 2.57. The lowest BCUT2D eigenvalue weighted by Gasteiger charge is -2.20. The summed E-state index contributed by atoms with van der Waals surface area (Å²) in [6.07, 6.45) is 0.416. The van der Waals surface area contributed by atoms with Gasteiger partial charge in [0.25, 0.3) is 0 Å². The summed E-state index contributed by atoms with van der Waals surface area (Å²) in [5.41, 5.74) is 1.29. The third-order valence-electron chi connectivity index (χ3n) is 2.62. The molecule has 5 heteroatoms. The highest BCUT2D eigenvalue weighted by Gasteiger charge is 2.30. The number of benzene rings is 1. The van der Waals surface area contributed by atoms with E-state index in [-0.39, 0.29) is 17.8 Å². The maximum atomic E-state index is 11.7. The molecule has 2 rings (SSSR count). The monoisotopic (exact) mass is 257 g/mol. The number of anilines is 1. The molecule has 0 radical (unpaired) electrons. The molecule has 1 unspecified atom stereocenters. The first-order valence-corrected chi connectivity index (χ1v) is 5.89. The zero-order chi connectivity index (χ0) is 11.7. The van der Waals surface area contributed by atoms with Crippen LogP contribution in [0.2, 0.25) is 5.02 Å². The number of carbonyl (C=O) groups excluding carboxylic acids is 1. The minimum atomic E-state index is -0.128. The van der Waals surface area contributed by atoms with E-state index in [2.05, 4.69) is 12.6 Å². The van der Waals surface area contributed by atoms with Crippen LogP contribution >= 0.6 is 24.2 Å². The highest BCUT2D eigenvalue weighted by atomic mass is 35.5. The van der Waals surface area contributed by atoms with E-state index in [1.807, 2.05) is 0 Å². The third kappa shape index (κ3) is 2.05. The zero-order valence-electron chi connectivity index (χ0n) is 8.56. The Bertz CT molecular complexity index is 424. The van der Waals surface area contributed by atoms with Crippen LogP contribution in [-0.4, -0.2) is 22.8 Å². The molecule has 1 saturated heterocycles.